The zero-order chi connectivity index (χ0) is 18.2. The predicted molar refractivity (Wildman–Crippen MR) is 94.5 cm³/mol. The van der Waals surface area contributed by atoms with Gasteiger partial charge in [0.15, 0.2) is 6.61 Å². The van der Waals surface area contributed by atoms with Gasteiger partial charge in [0.2, 0.25) is 5.88 Å². The Bertz CT molecular complexity index is 854. The molecule has 0 aliphatic carbocycles. The van der Waals surface area contributed by atoms with Crippen molar-refractivity contribution >= 4 is 5.91 Å². The van der Waals surface area contributed by atoms with Crippen molar-refractivity contribution in [2.75, 3.05) is 6.61 Å². The first-order valence-corrected chi connectivity index (χ1v) is 8.02. The van der Waals surface area contributed by atoms with Crippen molar-refractivity contribution in [2.24, 2.45) is 0 Å². The summed E-state index contributed by atoms with van der Waals surface area (Å²) in [4.78, 5) is 15.9. The van der Waals surface area contributed by atoms with Gasteiger partial charge >= 0.3 is 0 Å². The van der Waals surface area contributed by atoms with Crippen molar-refractivity contribution < 1.29 is 18.7 Å². The van der Waals surface area contributed by atoms with Gasteiger partial charge < -0.3 is 14.8 Å². The van der Waals surface area contributed by atoms with Crippen molar-refractivity contribution in [3.63, 3.8) is 0 Å². The maximum atomic E-state index is 13.5. The summed E-state index contributed by atoms with van der Waals surface area (Å²) in [5.74, 6) is 0.951. The van der Waals surface area contributed by atoms with E-state index in [1.165, 1.54) is 6.07 Å². The van der Waals surface area contributed by atoms with E-state index in [4.69, 9.17) is 9.47 Å². The molecule has 1 aromatic heterocycles. The molecule has 3 rings (SSSR count). The Labute approximate surface area is 150 Å². The number of carbonyl (C=O) groups excluding carboxylic acids is 1. The van der Waals surface area contributed by atoms with Crippen LogP contribution in [0.25, 0.3) is 0 Å². The molecule has 1 amide bonds. The summed E-state index contributed by atoms with van der Waals surface area (Å²) in [5, 5.41) is 2.62. The van der Waals surface area contributed by atoms with Gasteiger partial charge in [-0.1, -0.05) is 24.3 Å². The molecule has 132 valence electrons. The van der Waals surface area contributed by atoms with Crippen molar-refractivity contribution in [1.82, 2.24) is 10.3 Å². The summed E-state index contributed by atoms with van der Waals surface area (Å²) in [6.45, 7) is -0.0411. The molecule has 5 nitrogen and oxygen atoms in total. The molecular weight excluding hydrogens is 335 g/mol. The fraction of sp³-hybridized carbons (Fsp3) is 0.100. The minimum atomic E-state index is -0.350. The fourth-order valence-electron chi connectivity index (χ4n) is 2.17. The lowest BCUT2D eigenvalue weighted by Gasteiger charge is -2.09. The van der Waals surface area contributed by atoms with E-state index in [-0.39, 0.29) is 24.9 Å². The van der Waals surface area contributed by atoms with E-state index in [1.807, 2.05) is 6.07 Å². The van der Waals surface area contributed by atoms with Gasteiger partial charge in [-0.15, -0.1) is 0 Å². The largest absolute Gasteiger partial charge is 0.484 e. The Kier molecular flexibility index (Phi) is 5.77. The third kappa shape index (κ3) is 5.04. The van der Waals surface area contributed by atoms with Crippen molar-refractivity contribution in [2.45, 2.75) is 6.54 Å². The highest BCUT2D eigenvalue weighted by atomic mass is 19.1. The normalized spacial score (nSPS) is 10.2. The predicted octanol–water partition coefficient (Wildman–Crippen LogP) is 3.71. The van der Waals surface area contributed by atoms with E-state index in [2.05, 4.69) is 10.3 Å². The SMILES string of the molecule is O=C(COc1ccc(Oc2ccccn2)cc1)NCc1ccccc1F. The van der Waals surface area contributed by atoms with Crippen LogP contribution in [0.5, 0.6) is 17.4 Å². The summed E-state index contributed by atoms with van der Waals surface area (Å²) in [7, 11) is 0. The zero-order valence-corrected chi connectivity index (χ0v) is 13.9. The minimum absolute atomic E-state index is 0.117. The average Bonchev–Trinajstić information content (AvgIpc) is 2.68. The standard InChI is InChI=1S/C20H17FN2O3/c21-18-6-2-1-5-15(18)13-23-19(24)14-25-16-8-10-17(11-9-16)26-20-7-3-4-12-22-20/h1-12H,13-14H2,(H,23,24). The molecule has 0 saturated heterocycles. The molecule has 3 aromatic rings. The lowest BCUT2D eigenvalue weighted by atomic mass is 10.2. The van der Waals surface area contributed by atoms with E-state index in [0.29, 0.717) is 22.9 Å². The number of benzene rings is 2. The summed E-state index contributed by atoms with van der Waals surface area (Å²) < 4.78 is 24.5. The van der Waals surface area contributed by atoms with Gasteiger partial charge in [0.1, 0.15) is 17.3 Å². The first-order chi connectivity index (χ1) is 12.7. The monoisotopic (exact) mass is 352 g/mol. The second kappa shape index (κ2) is 8.62. The number of hydrogen-bond donors (Lipinski definition) is 1. The number of ether oxygens (including phenoxy) is 2. The van der Waals surface area contributed by atoms with Gasteiger partial charge in [-0.2, -0.15) is 0 Å². The van der Waals surface area contributed by atoms with Gasteiger partial charge in [-0.3, -0.25) is 4.79 Å². The Hall–Kier alpha value is -3.41. The van der Waals surface area contributed by atoms with Crippen molar-refractivity contribution in [1.29, 1.82) is 0 Å². The highest BCUT2D eigenvalue weighted by Gasteiger charge is 2.06. The number of pyridine rings is 1. The Morgan fingerprint density at radius 3 is 2.42 bits per heavy atom. The lowest BCUT2D eigenvalue weighted by Crippen LogP contribution is -2.28. The molecule has 0 unspecified atom stereocenters. The molecule has 0 bridgehead atoms. The van der Waals surface area contributed by atoms with Crippen LogP contribution in [0.2, 0.25) is 0 Å². The Balaban J connectivity index is 1.45. The number of rotatable bonds is 7. The van der Waals surface area contributed by atoms with Gasteiger partial charge in [0.05, 0.1) is 0 Å². The van der Waals surface area contributed by atoms with Crippen LogP contribution in [-0.4, -0.2) is 17.5 Å². The average molecular weight is 352 g/mol. The van der Waals surface area contributed by atoms with Crippen LogP contribution in [0.4, 0.5) is 4.39 Å². The van der Waals surface area contributed by atoms with E-state index in [0.717, 1.165) is 0 Å². The lowest BCUT2D eigenvalue weighted by molar-refractivity contribution is -0.123. The second-order valence-corrected chi connectivity index (χ2v) is 5.40. The highest BCUT2D eigenvalue weighted by Crippen LogP contribution is 2.22. The van der Waals surface area contributed by atoms with E-state index < -0.39 is 0 Å². The van der Waals surface area contributed by atoms with Crippen LogP contribution in [0, 0.1) is 5.82 Å². The maximum Gasteiger partial charge on any atom is 0.258 e. The van der Waals surface area contributed by atoms with Crippen molar-refractivity contribution in [3.8, 4) is 17.4 Å². The number of hydrogen-bond acceptors (Lipinski definition) is 4. The summed E-state index contributed by atoms with van der Waals surface area (Å²) >= 11 is 0. The number of carbonyl (C=O) groups is 1. The van der Waals surface area contributed by atoms with Crippen LogP contribution in [0.1, 0.15) is 5.56 Å². The van der Waals surface area contributed by atoms with E-state index >= 15 is 0 Å². The molecule has 26 heavy (non-hydrogen) atoms. The quantitative estimate of drug-likeness (QED) is 0.704. The zero-order valence-electron chi connectivity index (χ0n) is 13.9. The van der Waals surface area contributed by atoms with Crippen LogP contribution in [0.15, 0.2) is 72.9 Å². The van der Waals surface area contributed by atoms with Crippen LogP contribution in [0.3, 0.4) is 0 Å². The van der Waals surface area contributed by atoms with Crippen LogP contribution < -0.4 is 14.8 Å². The minimum Gasteiger partial charge on any atom is -0.484 e. The van der Waals surface area contributed by atoms with Gasteiger partial charge in [-0.05, 0) is 36.4 Å². The van der Waals surface area contributed by atoms with Gasteiger partial charge in [0, 0.05) is 24.4 Å². The molecule has 0 spiro atoms. The molecule has 0 fully saturated rings. The third-order valence-corrected chi connectivity index (χ3v) is 3.49. The summed E-state index contributed by atoms with van der Waals surface area (Å²) in [6.07, 6.45) is 1.65. The topological polar surface area (TPSA) is 60.5 Å². The molecule has 1 N–H and O–H groups in total. The molecule has 2 aromatic carbocycles. The molecule has 0 atom stereocenters. The molecule has 0 radical (unpaired) electrons. The Morgan fingerprint density at radius 1 is 0.962 bits per heavy atom. The second-order valence-electron chi connectivity index (χ2n) is 5.40. The van der Waals surface area contributed by atoms with Crippen LogP contribution >= 0.6 is 0 Å². The van der Waals surface area contributed by atoms with E-state index in [9.17, 15) is 9.18 Å². The molecule has 0 saturated carbocycles. The first kappa shape index (κ1) is 17.4. The number of nitrogens with zero attached hydrogens (tertiary/aromatic N) is 1. The number of nitrogens with one attached hydrogen (secondary N) is 1. The highest BCUT2D eigenvalue weighted by molar-refractivity contribution is 5.77. The first-order valence-electron chi connectivity index (χ1n) is 8.02. The van der Waals surface area contributed by atoms with Crippen molar-refractivity contribution in [3.05, 3.63) is 84.3 Å². The molecule has 6 heteroatoms. The Morgan fingerprint density at radius 2 is 1.69 bits per heavy atom. The van der Waals surface area contributed by atoms with Crippen LogP contribution in [-0.2, 0) is 11.3 Å². The number of halogens is 1. The maximum absolute atomic E-state index is 13.5. The summed E-state index contributed by atoms with van der Waals surface area (Å²) in [5.41, 5.74) is 0.428. The number of aromatic nitrogens is 1. The van der Waals surface area contributed by atoms with Gasteiger partial charge in [0.25, 0.3) is 5.91 Å². The third-order valence-electron chi connectivity index (χ3n) is 3.49. The molecule has 0 aliphatic heterocycles. The van der Waals surface area contributed by atoms with Gasteiger partial charge in [-0.25, -0.2) is 9.37 Å². The summed E-state index contributed by atoms with van der Waals surface area (Å²) in [6, 6.07) is 18.5. The molecule has 1 heterocycles. The molecule has 0 aliphatic rings. The smallest absolute Gasteiger partial charge is 0.258 e. The number of amides is 1. The fourth-order valence-corrected chi connectivity index (χ4v) is 2.17. The molecular formula is C20H17FN2O3. The van der Waals surface area contributed by atoms with E-state index in [1.54, 1.807) is 60.8 Å².